The van der Waals surface area contributed by atoms with Crippen molar-refractivity contribution in [1.29, 1.82) is 0 Å². The molecule has 0 aromatic carbocycles. The third kappa shape index (κ3) is 6.54. The molecule has 0 rings (SSSR count). The molecule has 2 atom stereocenters. The molecule has 0 saturated carbocycles. The summed E-state index contributed by atoms with van der Waals surface area (Å²) in [5.74, 6) is 0.479. The minimum atomic E-state index is -2.46. The third-order valence-corrected chi connectivity index (χ3v) is 6.31. The Labute approximate surface area is 110 Å². The molecule has 0 aromatic heterocycles. The van der Waals surface area contributed by atoms with Gasteiger partial charge in [0.05, 0.1) is 0 Å². The summed E-state index contributed by atoms with van der Waals surface area (Å²) in [6.45, 7) is 7.41. The van der Waals surface area contributed by atoms with Gasteiger partial charge in [-0.3, -0.25) is 0 Å². The van der Waals surface area contributed by atoms with Crippen LogP contribution in [0.25, 0.3) is 0 Å². The van der Waals surface area contributed by atoms with Gasteiger partial charge in [-0.15, -0.1) is 18.2 Å². The monoisotopic (exact) mass is 282 g/mol. The maximum Gasteiger partial charge on any atom is 0.347 e. The smallest absolute Gasteiger partial charge is 0.347 e. The quantitative estimate of drug-likeness (QED) is 0.267. The van der Waals surface area contributed by atoms with E-state index in [4.69, 9.17) is 29.9 Å². The van der Waals surface area contributed by atoms with Crippen LogP contribution >= 0.6 is 11.6 Å². The van der Waals surface area contributed by atoms with E-state index in [0.717, 1.165) is 0 Å². The lowest BCUT2D eigenvalue weighted by atomic mass is 10.8. The van der Waals surface area contributed by atoms with E-state index in [1.54, 1.807) is 20.3 Å². The lowest BCUT2D eigenvalue weighted by Crippen LogP contribution is -2.47. The van der Waals surface area contributed by atoms with Crippen molar-refractivity contribution in [2.75, 3.05) is 20.1 Å². The normalized spacial score (nSPS) is 18.4. The van der Waals surface area contributed by atoms with Crippen LogP contribution in [0.4, 0.5) is 0 Å². The summed E-state index contributed by atoms with van der Waals surface area (Å²) in [5.41, 5.74) is 0. The van der Waals surface area contributed by atoms with Gasteiger partial charge in [-0.2, -0.15) is 0 Å². The van der Waals surface area contributed by atoms with Crippen LogP contribution in [-0.4, -0.2) is 41.2 Å². The fourth-order valence-corrected chi connectivity index (χ4v) is 5.09. The molecule has 0 radical (unpaired) electrons. The van der Waals surface area contributed by atoms with Crippen molar-refractivity contribution >= 4 is 20.2 Å². The van der Waals surface area contributed by atoms with E-state index in [-0.39, 0.29) is 12.6 Å². The second-order valence-corrected chi connectivity index (χ2v) is 7.26. The summed E-state index contributed by atoms with van der Waals surface area (Å²) in [6.07, 6.45) is 1.14. The van der Waals surface area contributed by atoms with Gasteiger partial charge >= 0.3 is 8.56 Å². The first kappa shape index (κ1) is 17.1. The molecular formula is C11H23ClO4Si. The number of alkyl halides is 1. The molecule has 0 fully saturated rings. The van der Waals surface area contributed by atoms with Gasteiger partial charge in [-0.1, -0.05) is 6.08 Å². The van der Waals surface area contributed by atoms with Gasteiger partial charge < -0.3 is 18.3 Å². The molecule has 0 aliphatic rings. The van der Waals surface area contributed by atoms with Crippen LogP contribution in [0.3, 0.4) is 0 Å². The van der Waals surface area contributed by atoms with E-state index < -0.39 is 8.56 Å². The van der Waals surface area contributed by atoms with E-state index in [9.17, 15) is 0 Å². The van der Waals surface area contributed by atoms with E-state index >= 15 is 0 Å². The molecule has 6 heteroatoms. The molecule has 102 valence electrons. The second-order valence-electron chi connectivity index (χ2n) is 3.68. The van der Waals surface area contributed by atoms with Crippen LogP contribution in [0.1, 0.15) is 13.8 Å². The fourth-order valence-electron chi connectivity index (χ4n) is 1.41. The van der Waals surface area contributed by atoms with Gasteiger partial charge in [0, 0.05) is 32.2 Å². The van der Waals surface area contributed by atoms with E-state index in [0.29, 0.717) is 18.0 Å². The molecule has 0 amide bonds. The van der Waals surface area contributed by atoms with Crippen molar-refractivity contribution in [1.82, 2.24) is 0 Å². The summed E-state index contributed by atoms with van der Waals surface area (Å²) in [5, 5.41) is 0. The first-order valence-corrected chi connectivity index (χ1v) is 8.38. The molecule has 4 nitrogen and oxygen atoms in total. The standard InChI is InChI=1S/C11H23ClO4Si/c1-6-8-17(9-7-12,15-10(2)13-4)16-11(3)14-5/h6,10-11H,1,7-9H2,2-5H3. The van der Waals surface area contributed by atoms with E-state index in [2.05, 4.69) is 6.58 Å². The highest BCUT2D eigenvalue weighted by Crippen LogP contribution is 2.24. The molecule has 17 heavy (non-hydrogen) atoms. The average molecular weight is 283 g/mol. The molecule has 0 saturated heterocycles. The predicted molar refractivity (Wildman–Crippen MR) is 71.4 cm³/mol. The second kappa shape index (κ2) is 9.07. The zero-order valence-electron chi connectivity index (χ0n) is 11.1. The lowest BCUT2D eigenvalue weighted by molar-refractivity contribution is -0.103. The van der Waals surface area contributed by atoms with Crippen molar-refractivity contribution in [3.05, 3.63) is 12.7 Å². The zero-order chi connectivity index (χ0) is 13.3. The van der Waals surface area contributed by atoms with Gasteiger partial charge in [0.15, 0.2) is 0 Å². The number of hydrogen-bond acceptors (Lipinski definition) is 4. The highest BCUT2D eigenvalue weighted by atomic mass is 35.5. The Morgan fingerprint density at radius 2 is 1.65 bits per heavy atom. The minimum Gasteiger partial charge on any atom is -0.367 e. The molecule has 0 aliphatic heterocycles. The molecule has 0 aromatic rings. The topological polar surface area (TPSA) is 36.9 Å². The molecule has 0 aliphatic carbocycles. The first-order valence-electron chi connectivity index (χ1n) is 5.61. The van der Waals surface area contributed by atoms with Crippen molar-refractivity contribution in [3.8, 4) is 0 Å². The molecule has 0 N–H and O–H groups in total. The number of methoxy groups -OCH3 is 2. The van der Waals surface area contributed by atoms with Gasteiger partial charge in [-0.05, 0) is 13.8 Å². The number of rotatable bonds is 10. The molecular weight excluding hydrogens is 260 g/mol. The van der Waals surface area contributed by atoms with Crippen molar-refractivity contribution in [3.63, 3.8) is 0 Å². The Morgan fingerprint density at radius 1 is 1.18 bits per heavy atom. The number of halogens is 1. The summed E-state index contributed by atoms with van der Waals surface area (Å²) in [6, 6.07) is 1.32. The Bertz CT molecular complexity index is 204. The molecule has 0 spiro atoms. The molecule has 0 bridgehead atoms. The van der Waals surface area contributed by atoms with Crippen molar-refractivity contribution < 1.29 is 18.3 Å². The minimum absolute atomic E-state index is 0.325. The van der Waals surface area contributed by atoms with Gasteiger partial charge in [0.2, 0.25) is 0 Å². The van der Waals surface area contributed by atoms with Crippen LogP contribution in [0.15, 0.2) is 12.7 Å². The Hall–Kier alpha value is 0.0869. The summed E-state index contributed by atoms with van der Waals surface area (Å²) in [7, 11) is 0.727. The zero-order valence-corrected chi connectivity index (χ0v) is 12.8. The summed E-state index contributed by atoms with van der Waals surface area (Å²) >= 11 is 5.83. The molecule has 0 heterocycles. The predicted octanol–water partition coefficient (Wildman–Crippen LogP) is 2.87. The lowest BCUT2D eigenvalue weighted by Gasteiger charge is -2.33. The molecule has 2 unspecified atom stereocenters. The SMILES string of the molecule is C=CC[Si](CCCl)(OC(C)OC)OC(C)OC. The Morgan fingerprint density at radius 3 is 1.94 bits per heavy atom. The van der Waals surface area contributed by atoms with E-state index in [1.165, 1.54) is 0 Å². The van der Waals surface area contributed by atoms with Crippen LogP contribution in [0.5, 0.6) is 0 Å². The van der Waals surface area contributed by atoms with Crippen molar-refractivity contribution in [2.24, 2.45) is 0 Å². The third-order valence-electron chi connectivity index (χ3n) is 2.36. The fraction of sp³-hybridized carbons (Fsp3) is 0.818. The van der Waals surface area contributed by atoms with Crippen molar-refractivity contribution in [2.45, 2.75) is 38.5 Å². The number of allylic oxidation sites excluding steroid dienone is 1. The average Bonchev–Trinajstić information content (AvgIpc) is 2.29. The maximum atomic E-state index is 5.90. The van der Waals surface area contributed by atoms with Crippen LogP contribution in [0.2, 0.25) is 12.1 Å². The van der Waals surface area contributed by atoms with Gasteiger partial charge in [0.1, 0.15) is 12.6 Å². The van der Waals surface area contributed by atoms with Crippen LogP contribution in [-0.2, 0) is 18.3 Å². The first-order chi connectivity index (χ1) is 8.03. The van der Waals surface area contributed by atoms with Gasteiger partial charge in [0.25, 0.3) is 0 Å². The Balaban J connectivity index is 4.75. The number of ether oxygens (including phenoxy) is 2. The van der Waals surface area contributed by atoms with Crippen LogP contribution in [0, 0.1) is 0 Å². The highest BCUT2D eigenvalue weighted by Gasteiger charge is 2.39. The maximum absolute atomic E-state index is 5.90. The largest absolute Gasteiger partial charge is 0.367 e. The number of hydrogen-bond donors (Lipinski definition) is 0. The highest BCUT2D eigenvalue weighted by molar-refractivity contribution is 6.68. The van der Waals surface area contributed by atoms with Gasteiger partial charge in [-0.25, -0.2) is 0 Å². The summed E-state index contributed by atoms with van der Waals surface area (Å²) in [4.78, 5) is 0. The van der Waals surface area contributed by atoms with E-state index in [1.807, 2.05) is 13.8 Å². The Kier molecular flexibility index (Phi) is 9.12. The van der Waals surface area contributed by atoms with Crippen LogP contribution < -0.4 is 0 Å². The summed E-state index contributed by atoms with van der Waals surface area (Å²) < 4.78 is 22.1.